The van der Waals surface area contributed by atoms with Gasteiger partial charge in [-0.15, -0.1) is 0 Å². The van der Waals surface area contributed by atoms with Crippen LogP contribution in [0.1, 0.15) is 45.2 Å². The molecule has 0 saturated heterocycles. The van der Waals surface area contributed by atoms with Crippen molar-refractivity contribution in [2.75, 3.05) is 0 Å². The van der Waals surface area contributed by atoms with E-state index in [0.29, 0.717) is 0 Å². The van der Waals surface area contributed by atoms with Crippen LogP contribution in [0.2, 0.25) is 0 Å². The molecule has 2 heteroatoms. The van der Waals surface area contributed by atoms with Crippen molar-refractivity contribution >= 4 is 75.3 Å². The highest BCUT2D eigenvalue weighted by atomic mass is 79.9. The first kappa shape index (κ1) is 32.4. The van der Waals surface area contributed by atoms with Crippen LogP contribution >= 0.6 is 31.9 Å². The van der Waals surface area contributed by atoms with Gasteiger partial charge in [0.1, 0.15) is 0 Å². The molecule has 0 amide bonds. The highest BCUT2D eigenvalue weighted by Crippen LogP contribution is 2.47. The van der Waals surface area contributed by atoms with E-state index in [1.165, 1.54) is 65.7 Å². The van der Waals surface area contributed by atoms with Gasteiger partial charge >= 0.3 is 0 Å². The van der Waals surface area contributed by atoms with E-state index in [1.54, 1.807) is 6.08 Å². The van der Waals surface area contributed by atoms with E-state index in [4.69, 9.17) is 0 Å². The normalized spacial score (nSPS) is 12.2. The van der Waals surface area contributed by atoms with E-state index in [0.717, 1.165) is 26.5 Å². The van der Waals surface area contributed by atoms with Crippen molar-refractivity contribution in [2.45, 2.75) is 34.1 Å². The third-order valence-electron chi connectivity index (χ3n) is 8.14. The summed E-state index contributed by atoms with van der Waals surface area (Å²) in [5.74, 6) is 0. The Labute approximate surface area is 284 Å². The molecular weight excluding hydrogens is 676 g/mol. The summed E-state index contributed by atoms with van der Waals surface area (Å²) in [6, 6.07) is 31.3. The first-order chi connectivity index (χ1) is 22.0. The Kier molecular flexibility index (Phi) is 10.4. The number of halogens is 2. The molecule has 0 radical (unpaired) electrons. The van der Waals surface area contributed by atoms with Crippen LogP contribution in [0.15, 0.2) is 143 Å². The highest BCUT2D eigenvalue weighted by molar-refractivity contribution is 9.11. The SMILES string of the molecule is C=C/C=C(\C=C)c1ccc(-c2cc(Br)c3ccc4c(Br)cc(-c5ccc(C(/C=C\C)=C/CC)cc5)c5ccc2c3c45)cc1.CC. The fourth-order valence-electron chi connectivity index (χ4n) is 6.16. The summed E-state index contributed by atoms with van der Waals surface area (Å²) in [5, 5.41) is 7.50. The molecule has 6 aromatic carbocycles. The molecule has 0 spiro atoms. The zero-order chi connectivity index (χ0) is 32.1. The molecule has 0 bridgehead atoms. The van der Waals surface area contributed by atoms with Crippen LogP contribution in [0.5, 0.6) is 0 Å². The van der Waals surface area contributed by atoms with Gasteiger partial charge in [0.2, 0.25) is 0 Å². The largest absolute Gasteiger partial charge is 0.0990 e. The zero-order valence-electron chi connectivity index (χ0n) is 26.4. The van der Waals surface area contributed by atoms with Gasteiger partial charge in [0, 0.05) is 8.95 Å². The summed E-state index contributed by atoms with van der Waals surface area (Å²) < 4.78 is 2.20. The Balaban J connectivity index is 0.00000196. The van der Waals surface area contributed by atoms with Gasteiger partial charge < -0.3 is 0 Å². The Hall–Kier alpha value is -3.98. The maximum absolute atomic E-state index is 3.97. The van der Waals surface area contributed by atoms with E-state index in [9.17, 15) is 0 Å². The monoisotopic (exact) mass is 712 g/mol. The number of rotatable bonds is 8. The Bertz CT molecular complexity index is 2090. The van der Waals surface area contributed by atoms with Gasteiger partial charge in [0.05, 0.1) is 0 Å². The van der Waals surface area contributed by atoms with E-state index >= 15 is 0 Å². The van der Waals surface area contributed by atoms with E-state index < -0.39 is 0 Å². The van der Waals surface area contributed by atoms with Crippen LogP contribution in [0.3, 0.4) is 0 Å². The lowest BCUT2D eigenvalue weighted by Crippen LogP contribution is -1.92. The van der Waals surface area contributed by atoms with Crippen molar-refractivity contribution in [3.05, 3.63) is 155 Å². The number of hydrogen-bond acceptors (Lipinski definition) is 0. The van der Waals surface area contributed by atoms with Gasteiger partial charge in [-0.2, -0.15) is 0 Å². The third-order valence-corrected chi connectivity index (χ3v) is 9.46. The zero-order valence-corrected chi connectivity index (χ0v) is 29.6. The molecule has 0 N–H and O–H groups in total. The summed E-state index contributed by atoms with van der Waals surface area (Å²) >= 11 is 7.87. The number of benzene rings is 6. The van der Waals surface area contributed by atoms with Gasteiger partial charge in [-0.05, 0) is 102 Å². The van der Waals surface area contributed by atoms with Gasteiger partial charge in [-0.25, -0.2) is 0 Å². The maximum Gasteiger partial charge on any atom is 0.0260 e. The van der Waals surface area contributed by atoms with Crippen molar-refractivity contribution in [3.8, 4) is 22.3 Å². The Morgan fingerprint density at radius 1 is 0.644 bits per heavy atom. The minimum absolute atomic E-state index is 1.01. The van der Waals surface area contributed by atoms with Crippen LogP contribution in [0.4, 0.5) is 0 Å². The molecular formula is C43H38Br2. The minimum Gasteiger partial charge on any atom is -0.0990 e. The Morgan fingerprint density at radius 2 is 1.09 bits per heavy atom. The predicted molar refractivity (Wildman–Crippen MR) is 209 cm³/mol. The van der Waals surface area contributed by atoms with Crippen LogP contribution < -0.4 is 0 Å². The lowest BCUT2D eigenvalue weighted by Gasteiger charge is -2.19. The highest BCUT2D eigenvalue weighted by Gasteiger charge is 2.18. The second-order valence-corrected chi connectivity index (χ2v) is 12.4. The molecule has 0 aliphatic rings. The smallest absolute Gasteiger partial charge is 0.0260 e. The molecule has 0 aliphatic carbocycles. The average Bonchev–Trinajstić information content (AvgIpc) is 3.08. The molecule has 0 aromatic heterocycles. The van der Waals surface area contributed by atoms with Crippen molar-refractivity contribution in [1.82, 2.24) is 0 Å². The first-order valence-electron chi connectivity index (χ1n) is 15.6. The Morgan fingerprint density at radius 3 is 1.49 bits per heavy atom. The fourth-order valence-corrected chi connectivity index (χ4v) is 7.28. The fraction of sp³-hybridized carbons (Fsp3) is 0.116. The van der Waals surface area contributed by atoms with Crippen LogP contribution in [-0.2, 0) is 0 Å². The summed E-state index contributed by atoms with van der Waals surface area (Å²) in [5.41, 5.74) is 9.50. The predicted octanol–water partition coefficient (Wildman–Crippen LogP) is 14.6. The van der Waals surface area contributed by atoms with Gasteiger partial charge in [-0.3, -0.25) is 0 Å². The molecule has 0 nitrogen and oxygen atoms in total. The molecule has 0 aliphatic heterocycles. The summed E-state index contributed by atoms with van der Waals surface area (Å²) in [6.07, 6.45) is 13.2. The lowest BCUT2D eigenvalue weighted by molar-refractivity contribution is 1.23. The summed E-state index contributed by atoms with van der Waals surface area (Å²) in [6.45, 7) is 16.1. The van der Waals surface area contributed by atoms with Crippen LogP contribution in [-0.4, -0.2) is 0 Å². The lowest BCUT2D eigenvalue weighted by atomic mass is 9.86. The molecule has 224 valence electrons. The van der Waals surface area contributed by atoms with Crippen molar-refractivity contribution in [1.29, 1.82) is 0 Å². The molecule has 0 heterocycles. The quantitative estimate of drug-likeness (QED) is 0.109. The van der Waals surface area contributed by atoms with Gasteiger partial charge in [0.25, 0.3) is 0 Å². The van der Waals surface area contributed by atoms with Crippen molar-refractivity contribution in [2.24, 2.45) is 0 Å². The van der Waals surface area contributed by atoms with Crippen LogP contribution in [0, 0.1) is 0 Å². The minimum atomic E-state index is 1.01. The number of allylic oxidation sites excluding steroid dienone is 8. The molecule has 45 heavy (non-hydrogen) atoms. The standard InChI is InChI=1S/C41H32Br2.C2H6/c1-5-9-26(8-4)28-12-16-30(17-13-28)36-24-38(42)34-22-23-35-39(43)25-37(33-21-20-32(36)40(34)41(33)35)31-18-14-29(15-19-31)27(10-6-2)11-7-3;1-2/h5-6,8-25H,1,4,7H2,2-3H3;1-2H3/b10-6-,26-9+,27-11+;. The molecule has 0 fully saturated rings. The van der Waals surface area contributed by atoms with E-state index in [2.05, 4.69) is 162 Å². The average molecular weight is 715 g/mol. The second-order valence-electron chi connectivity index (χ2n) is 10.7. The van der Waals surface area contributed by atoms with Crippen molar-refractivity contribution in [3.63, 3.8) is 0 Å². The van der Waals surface area contributed by atoms with Gasteiger partial charge in [0.15, 0.2) is 0 Å². The molecule has 0 unspecified atom stereocenters. The molecule has 0 saturated carbocycles. The van der Waals surface area contributed by atoms with E-state index in [1.807, 2.05) is 26.0 Å². The second kappa shape index (κ2) is 14.4. The maximum atomic E-state index is 3.97. The molecule has 0 atom stereocenters. The number of hydrogen-bond donors (Lipinski definition) is 0. The van der Waals surface area contributed by atoms with Crippen molar-refractivity contribution < 1.29 is 0 Å². The molecule has 6 aromatic rings. The van der Waals surface area contributed by atoms with Gasteiger partial charge in [-0.1, -0.05) is 175 Å². The first-order valence-corrected chi connectivity index (χ1v) is 17.2. The summed E-state index contributed by atoms with van der Waals surface area (Å²) in [7, 11) is 0. The summed E-state index contributed by atoms with van der Waals surface area (Å²) in [4.78, 5) is 0. The van der Waals surface area contributed by atoms with E-state index in [-0.39, 0.29) is 0 Å². The van der Waals surface area contributed by atoms with Crippen LogP contribution in [0.25, 0.3) is 65.7 Å². The third kappa shape index (κ3) is 6.15. The topological polar surface area (TPSA) is 0 Å². The molecule has 6 rings (SSSR count).